The first-order chi connectivity index (χ1) is 10.1. The van der Waals surface area contributed by atoms with E-state index in [2.05, 4.69) is 53.5 Å². The van der Waals surface area contributed by atoms with Crippen LogP contribution in [-0.2, 0) is 9.47 Å². The van der Waals surface area contributed by atoms with Crippen molar-refractivity contribution in [3.05, 3.63) is 59.6 Å². The Balaban J connectivity index is 2.05. The predicted molar refractivity (Wildman–Crippen MR) is 88.1 cm³/mol. The normalized spacial score (nSPS) is 18.2. The number of allylic oxidation sites excluding steroid dienone is 3. The quantitative estimate of drug-likeness (QED) is 0.820. The largest absolute Gasteiger partial charge is 0.493 e. The molecule has 0 saturated heterocycles. The van der Waals surface area contributed by atoms with Crippen LogP contribution in [0.2, 0.25) is 0 Å². The summed E-state index contributed by atoms with van der Waals surface area (Å²) < 4.78 is 10.6. The average molecular weight is 285 g/mol. The summed E-state index contributed by atoms with van der Waals surface area (Å²) in [4.78, 5) is 2.10. The molecule has 0 bridgehead atoms. The molecule has 3 heteroatoms. The maximum Gasteiger partial charge on any atom is 0.157 e. The standard InChI is InChI=1S/C18H23NO2/c1-19(2)16-10-7-14(8-11-16)5-6-15-9-12-17(20-3)18(13-15)21-4/h5-8,10-13,15H,9H2,1-4H3/b6-5+/t15-/m1/s1. The second kappa shape index (κ2) is 7.02. The van der Waals surface area contributed by atoms with Gasteiger partial charge in [0.25, 0.3) is 0 Å². The topological polar surface area (TPSA) is 21.7 Å². The number of anilines is 1. The summed E-state index contributed by atoms with van der Waals surface area (Å²) in [5.74, 6) is 1.96. The summed E-state index contributed by atoms with van der Waals surface area (Å²) in [6.07, 6.45) is 9.46. The van der Waals surface area contributed by atoms with Gasteiger partial charge in [-0.1, -0.05) is 24.3 Å². The molecule has 0 amide bonds. The van der Waals surface area contributed by atoms with E-state index in [1.807, 2.05) is 14.1 Å². The van der Waals surface area contributed by atoms with Gasteiger partial charge in [0.2, 0.25) is 0 Å². The molecule has 21 heavy (non-hydrogen) atoms. The summed E-state index contributed by atoms with van der Waals surface area (Å²) >= 11 is 0. The van der Waals surface area contributed by atoms with Crippen molar-refractivity contribution in [3.63, 3.8) is 0 Å². The van der Waals surface area contributed by atoms with Crippen molar-refractivity contribution in [1.29, 1.82) is 0 Å². The Kier molecular flexibility index (Phi) is 5.09. The Labute approximate surface area is 127 Å². The van der Waals surface area contributed by atoms with E-state index in [0.29, 0.717) is 5.92 Å². The van der Waals surface area contributed by atoms with Crippen LogP contribution in [0.3, 0.4) is 0 Å². The van der Waals surface area contributed by atoms with Crippen molar-refractivity contribution < 1.29 is 9.47 Å². The minimum absolute atomic E-state index is 0.340. The fraction of sp³-hybridized carbons (Fsp3) is 0.333. The second-order valence-electron chi connectivity index (χ2n) is 5.25. The van der Waals surface area contributed by atoms with Crippen molar-refractivity contribution >= 4 is 11.8 Å². The molecule has 1 aliphatic carbocycles. The maximum atomic E-state index is 5.35. The number of hydrogen-bond donors (Lipinski definition) is 0. The molecule has 1 aliphatic rings. The van der Waals surface area contributed by atoms with Gasteiger partial charge in [0.15, 0.2) is 11.5 Å². The molecular formula is C18H23NO2. The zero-order valence-corrected chi connectivity index (χ0v) is 13.2. The first kappa shape index (κ1) is 15.2. The van der Waals surface area contributed by atoms with Gasteiger partial charge in [-0.3, -0.25) is 0 Å². The number of ether oxygens (including phenoxy) is 2. The molecule has 1 aromatic rings. The number of methoxy groups -OCH3 is 2. The molecule has 0 N–H and O–H groups in total. The fourth-order valence-corrected chi connectivity index (χ4v) is 2.29. The third kappa shape index (κ3) is 3.91. The van der Waals surface area contributed by atoms with Crippen LogP contribution < -0.4 is 4.90 Å². The van der Waals surface area contributed by atoms with E-state index in [4.69, 9.17) is 9.47 Å². The van der Waals surface area contributed by atoms with Crippen LogP contribution in [0.4, 0.5) is 5.69 Å². The molecule has 112 valence electrons. The lowest BCUT2D eigenvalue weighted by atomic mass is 9.97. The number of rotatable bonds is 5. The summed E-state index contributed by atoms with van der Waals surface area (Å²) in [5.41, 5.74) is 2.41. The van der Waals surface area contributed by atoms with Crippen molar-refractivity contribution in [2.24, 2.45) is 5.92 Å². The first-order valence-electron chi connectivity index (χ1n) is 7.10. The van der Waals surface area contributed by atoms with E-state index >= 15 is 0 Å². The molecule has 0 saturated carbocycles. The van der Waals surface area contributed by atoms with Crippen molar-refractivity contribution in [2.45, 2.75) is 6.42 Å². The van der Waals surface area contributed by atoms with E-state index in [9.17, 15) is 0 Å². The van der Waals surface area contributed by atoms with Gasteiger partial charge in [0.05, 0.1) is 14.2 Å². The number of nitrogens with zero attached hydrogens (tertiary/aromatic N) is 1. The lowest BCUT2D eigenvalue weighted by Crippen LogP contribution is -2.07. The summed E-state index contributed by atoms with van der Waals surface area (Å²) in [6.45, 7) is 0. The highest BCUT2D eigenvalue weighted by atomic mass is 16.5. The van der Waals surface area contributed by atoms with Gasteiger partial charge in [-0.25, -0.2) is 0 Å². The highest BCUT2D eigenvalue weighted by Crippen LogP contribution is 2.25. The molecule has 0 heterocycles. The Hall–Kier alpha value is -2.16. The van der Waals surface area contributed by atoms with E-state index in [1.54, 1.807) is 14.2 Å². The van der Waals surface area contributed by atoms with Gasteiger partial charge in [0, 0.05) is 25.7 Å². The van der Waals surface area contributed by atoms with Crippen LogP contribution in [0.1, 0.15) is 12.0 Å². The molecule has 0 spiro atoms. The fourth-order valence-electron chi connectivity index (χ4n) is 2.29. The minimum atomic E-state index is 0.340. The Morgan fingerprint density at radius 2 is 1.71 bits per heavy atom. The summed E-state index contributed by atoms with van der Waals surface area (Å²) in [6, 6.07) is 8.51. The summed E-state index contributed by atoms with van der Waals surface area (Å²) in [7, 11) is 7.43. The van der Waals surface area contributed by atoms with Crippen molar-refractivity contribution in [2.75, 3.05) is 33.2 Å². The predicted octanol–water partition coefficient (Wildman–Crippen LogP) is 3.85. The lowest BCUT2D eigenvalue weighted by molar-refractivity contribution is 0.213. The van der Waals surface area contributed by atoms with E-state index < -0.39 is 0 Å². The van der Waals surface area contributed by atoms with Crippen LogP contribution in [-0.4, -0.2) is 28.3 Å². The summed E-state index contributed by atoms with van der Waals surface area (Å²) in [5, 5.41) is 0. The number of hydrogen-bond acceptors (Lipinski definition) is 3. The molecule has 0 aliphatic heterocycles. The molecule has 0 radical (unpaired) electrons. The smallest absolute Gasteiger partial charge is 0.157 e. The first-order valence-corrected chi connectivity index (χ1v) is 7.10. The zero-order valence-electron chi connectivity index (χ0n) is 13.2. The molecule has 0 unspecified atom stereocenters. The lowest BCUT2D eigenvalue weighted by Gasteiger charge is -2.17. The van der Waals surface area contributed by atoms with Gasteiger partial charge in [-0.2, -0.15) is 0 Å². The monoisotopic (exact) mass is 285 g/mol. The molecule has 1 aromatic carbocycles. The molecular weight excluding hydrogens is 262 g/mol. The maximum absolute atomic E-state index is 5.35. The Morgan fingerprint density at radius 1 is 1.05 bits per heavy atom. The van der Waals surface area contributed by atoms with E-state index in [1.165, 1.54) is 11.3 Å². The second-order valence-corrected chi connectivity index (χ2v) is 5.25. The van der Waals surface area contributed by atoms with Crippen LogP contribution in [0.25, 0.3) is 6.08 Å². The van der Waals surface area contributed by atoms with Crippen LogP contribution >= 0.6 is 0 Å². The van der Waals surface area contributed by atoms with E-state index in [-0.39, 0.29) is 0 Å². The molecule has 0 fully saturated rings. The molecule has 0 aromatic heterocycles. The van der Waals surface area contributed by atoms with Gasteiger partial charge in [0.1, 0.15) is 0 Å². The molecule has 1 atom stereocenters. The molecule has 2 rings (SSSR count). The average Bonchev–Trinajstić information content (AvgIpc) is 2.52. The zero-order chi connectivity index (χ0) is 15.2. The number of benzene rings is 1. The van der Waals surface area contributed by atoms with Gasteiger partial charge in [-0.15, -0.1) is 0 Å². The Morgan fingerprint density at radius 3 is 2.29 bits per heavy atom. The van der Waals surface area contributed by atoms with Gasteiger partial charge >= 0.3 is 0 Å². The van der Waals surface area contributed by atoms with Gasteiger partial charge < -0.3 is 14.4 Å². The van der Waals surface area contributed by atoms with Gasteiger partial charge in [-0.05, 0) is 36.3 Å². The molecule has 3 nitrogen and oxygen atoms in total. The minimum Gasteiger partial charge on any atom is -0.493 e. The van der Waals surface area contributed by atoms with Crippen LogP contribution in [0.15, 0.2) is 54.0 Å². The highest BCUT2D eigenvalue weighted by Gasteiger charge is 2.14. The highest BCUT2D eigenvalue weighted by molar-refractivity contribution is 5.56. The third-order valence-electron chi connectivity index (χ3n) is 3.57. The SMILES string of the molecule is COC1=CC[C@@H](/C=C/c2ccc(N(C)C)cc2)C=C1OC. The van der Waals surface area contributed by atoms with Crippen LogP contribution in [0, 0.1) is 5.92 Å². The van der Waals surface area contributed by atoms with Crippen molar-refractivity contribution in [3.8, 4) is 0 Å². The van der Waals surface area contributed by atoms with E-state index in [0.717, 1.165) is 17.9 Å². The van der Waals surface area contributed by atoms with Crippen molar-refractivity contribution in [1.82, 2.24) is 0 Å². The Bertz CT molecular complexity index is 553. The van der Waals surface area contributed by atoms with Crippen LogP contribution in [0.5, 0.6) is 0 Å². The third-order valence-corrected chi connectivity index (χ3v) is 3.57.